The molecule has 1 N–H and O–H groups in total. The molecule has 2 aromatic carbocycles. The molecule has 0 spiro atoms. The fourth-order valence-electron chi connectivity index (χ4n) is 3.00. The Labute approximate surface area is 144 Å². The first-order chi connectivity index (χ1) is 12.2. The van der Waals surface area contributed by atoms with Crippen molar-refractivity contribution < 1.29 is 14.0 Å². The van der Waals surface area contributed by atoms with Crippen molar-refractivity contribution >= 4 is 23.0 Å². The summed E-state index contributed by atoms with van der Waals surface area (Å²) < 4.78 is 5.61. The number of urea groups is 1. The number of aryl methyl sites for hydroxylation is 1. The maximum absolute atomic E-state index is 12.5. The number of carbonyl (C=O) groups is 2. The van der Waals surface area contributed by atoms with Gasteiger partial charge in [-0.25, -0.2) is 9.78 Å². The van der Waals surface area contributed by atoms with Crippen molar-refractivity contribution in [1.82, 2.24) is 15.2 Å². The summed E-state index contributed by atoms with van der Waals surface area (Å²) in [6.45, 7) is 0.0428. The van der Waals surface area contributed by atoms with E-state index in [1.54, 1.807) is 6.07 Å². The summed E-state index contributed by atoms with van der Waals surface area (Å²) in [5.41, 5.74) is 2.50. The molecule has 0 aliphatic carbocycles. The number of para-hydroxylation sites is 2. The van der Waals surface area contributed by atoms with Crippen molar-refractivity contribution in [3.63, 3.8) is 0 Å². The van der Waals surface area contributed by atoms with E-state index in [2.05, 4.69) is 10.3 Å². The number of oxazole rings is 1. The van der Waals surface area contributed by atoms with E-state index in [4.69, 9.17) is 4.42 Å². The second kappa shape index (κ2) is 6.39. The van der Waals surface area contributed by atoms with Gasteiger partial charge in [-0.3, -0.25) is 9.69 Å². The number of benzene rings is 2. The number of hydrogen-bond acceptors (Lipinski definition) is 4. The lowest BCUT2D eigenvalue weighted by molar-refractivity contribution is -0.128. The van der Waals surface area contributed by atoms with Crippen molar-refractivity contribution in [1.29, 1.82) is 0 Å². The Balaban J connectivity index is 1.43. The van der Waals surface area contributed by atoms with Gasteiger partial charge in [0.05, 0.1) is 0 Å². The SMILES string of the molecule is O=C1N[C@H](CCc2ccccc2)C(=O)N1Cc1nc2ccccc2o1. The first-order valence-electron chi connectivity index (χ1n) is 8.21. The molecule has 3 aromatic rings. The van der Waals surface area contributed by atoms with Crippen molar-refractivity contribution in [2.45, 2.75) is 25.4 Å². The zero-order valence-electron chi connectivity index (χ0n) is 13.5. The Morgan fingerprint density at radius 2 is 1.80 bits per heavy atom. The molecule has 0 radical (unpaired) electrons. The Hall–Kier alpha value is -3.15. The lowest BCUT2D eigenvalue weighted by atomic mass is 10.1. The lowest BCUT2D eigenvalue weighted by Crippen LogP contribution is -2.31. The average molecular weight is 335 g/mol. The third kappa shape index (κ3) is 3.10. The molecule has 1 aliphatic rings. The summed E-state index contributed by atoms with van der Waals surface area (Å²) in [6, 6.07) is 16.3. The molecule has 126 valence electrons. The van der Waals surface area contributed by atoms with Gasteiger partial charge in [0.15, 0.2) is 5.58 Å². The number of amides is 3. The zero-order valence-corrected chi connectivity index (χ0v) is 13.5. The molecule has 2 heterocycles. The average Bonchev–Trinajstić information content (AvgIpc) is 3.16. The number of rotatable bonds is 5. The summed E-state index contributed by atoms with van der Waals surface area (Å²) in [5, 5.41) is 2.75. The molecule has 6 nitrogen and oxygen atoms in total. The Bertz CT molecular complexity index is 887. The highest BCUT2D eigenvalue weighted by Crippen LogP contribution is 2.19. The van der Waals surface area contributed by atoms with Crippen LogP contribution in [-0.4, -0.2) is 27.9 Å². The van der Waals surface area contributed by atoms with Gasteiger partial charge in [-0.2, -0.15) is 0 Å². The highest BCUT2D eigenvalue weighted by Gasteiger charge is 2.38. The topological polar surface area (TPSA) is 75.4 Å². The molecule has 25 heavy (non-hydrogen) atoms. The second-order valence-corrected chi connectivity index (χ2v) is 6.03. The molecule has 1 aromatic heterocycles. The van der Waals surface area contributed by atoms with Gasteiger partial charge in [-0.1, -0.05) is 42.5 Å². The molecule has 0 bridgehead atoms. The van der Waals surface area contributed by atoms with Gasteiger partial charge < -0.3 is 9.73 Å². The third-order valence-electron chi connectivity index (χ3n) is 4.30. The molecule has 1 atom stereocenters. The van der Waals surface area contributed by atoms with Gasteiger partial charge in [0, 0.05) is 0 Å². The molecule has 1 aliphatic heterocycles. The van der Waals surface area contributed by atoms with E-state index in [-0.39, 0.29) is 12.5 Å². The number of hydrogen-bond donors (Lipinski definition) is 1. The Morgan fingerprint density at radius 1 is 1.04 bits per heavy atom. The molecule has 3 amide bonds. The molecule has 1 saturated heterocycles. The van der Waals surface area contributed by atoms with Crippen LogP contribution >= 0.6 is 0 Å². The van der Waals surface area contributed by atoms with Gasteiger partial charge in [0.2, 0.25) is 5.89 Å². The van der Waals surface area contributed by atoms with Gasteiger partial charge in [0.1, 0.15) is 18.1 Å². The Morgan fingerprint density at radius 3 is 2.60 bits per heavy atom. The number of aromatic nitrogens is 1. The van der Waals surface area contributed by atoms with E-state index in [9.17, 15) is 9.59 Å². The van der Waals surface area contributed by atoms with Crippen LogP contribution in [0.25, 0.3) is 11.1 Å². The Kier molecular flexibility index (Phi) is 3.93. The van der Waals surface area contributed by atoms with E-state index >= 15 is 0 Å². The minimum Gasteiger partial charge on any atom is -0.439 e. The second-order valence-electron chi connectivity index (χ2n) is 6.03. The molecular weight excluding hydrogens is 318 g/mol. The van der Waals surface area contributed by atoms with Crippen molar-refractivity contribution in [3.05, 3.63) is 66.1 Å². The standard InChI is InChI=1S/C19H17N3O3/c23-18-15(11-10-13-6-2-1-3-7-13)21-19(24)22(18)12-17-20-14-8-4-5-9-16(14)25-17/h1-9,15H,10-12H2,(H,21,24)/t15-/m1/s1. The minimum absolute atomic E-state index is 0.0428. The lowest BCUT2D eigenvalue weighted by Gasteiger charge is -2.10. The normalized spacial score (nSPS) is 17.3. The van der Waals surface area contributed by atoms with E-state index in [1.165, 1.54) is 4.90 Å². The van der Waals surface area contributed by atoms with Crippen LogP contribution in [0.4, 0.5) is 4.79 Å². The summed E-state index contributed by atoms with van der Waals surface area (Å²) in [4.78, 5) is 30.2. The van der Waals surface area contributed by atoms with Crippen molar-refractivity contribution in [2.24, 2.45) is 0 Å². The number of nitrogens with zero attached hydrogens (tertiary/aromatic N) is 2. The fourth-order valence-corrected chi connectivity index (χ4v) is 3.00. The van der Waals surface area contributed by atoms with Crippen LogP contribution in [0.5, 0.6) is 0 Å². The van der Waals surface area contributed by atoms with Gasteiger partial charge >= 0.3 is 6.03 Å². The van der Waals surface area contributed by atoms with Crippen LogP contribution < -0.4 is 5.32 Å². The molecule has 6 heteroatoms. The van der Waals surface area contributed by atoms with Crippen LogP contribution in [0.3, 0.4) is 0 Å². The summed E-state index contributed by atoms with van der Waals surface area (Å²) in [6.07, 6.45) is 1.30. The van der Waals surface area contributed by atoms with Gasteiger partial charge in [0.25, 0.3) is 5.91 Å². The third-order valence-corrected chi connectivity index (χ3v) is 4.30. The minimum atomic E-state index is -0.503. The number of nitrogens with one attached hydrogen (secondary N) is 1. The van der Waals surface area contributed by atoms with Crippen LogP contribution in [-0.2, 0) is 17.8 Å². The van der Waals surface area contributed by atoms with Gasteiger partial charge in [-0.05, 0) is 30.5 Å². The molecule has 4 rings (SSSR count). The fraction of sp³-hybridized carbons (Fsp3) is 0.211. The van der Waals surface area contributed by atoms with E-state index in [0.717, 1.165) is 12.0 Å². The van der Waals surface area contributed by atoms with E-state index < -0.39 is 12.1 Å². The monoisotopic (exact) mass is 335 g/mol. The van der Waals surface area contributed by atoms with Crippen LogP contribution in [0, 0.1) is 0 Å². The molecular formula is C19H17N3O3. The predicted octanol–water partition coefficient (Wildman–Crippen LogP) is 2.88. The summed E-state index contributed by atoms with van der Waals surface area (Å²) >= 11 is 0. The maximum Gasteiger partial charge on any atom is 0.325 e. The van der Waals surface area contributed by atoms with Crippen molar-refractivity contribution in [2.75, 3.05) is 0 Å². The van der Waals surface area contributed by atoms with Crippen LogP contribution in [0.2, 0.25) is 0 Å². The highest BCUT2D eigenvalue weighted by molar-refractivity contribution is 6.04. The highest BCUT2D eigenvalue weighted by atomic mass is 16.3. The smallest absolute Gasteiger partial charge is 0.325 e. The maximum atomic E-state index is 12.5. The van der Waals surface area contributed by atoms with Gasteiger partial charge in [-0.15, -0.1) is 0 Å². The van der Waals surface area contributed by atoms with Crippen LogP contribution in [0.1, 0.15) is 17.9 Å². The predicted molar refractivity (Wildman–Crippen MR) is 91.6 cm³/mol. The zero-order chi connectivity index (χ0) is 17.2. The number of imide groups is 1. The van der Waals surface area contributed by atoms with Crippen molar-refractivity contribution in [3.8, 4) is 0 Å². The van der Waals surface area contributed by atoms with Crippen LogP contribution in [0.15, 0.2) is 59.0 Å². The largest absolute Gasteiger partial charge is 0.439 e. The quantitative estimate of drug-likeness (QED) is 0.728. The summed E-state index contributed by atoms with van der Waals surface area (Å²) in [7, 11) is 0. The molecule has 1 fully saturated rings. The molecule has 0 saturated carbocycles. The molecule has 0 unspecified atom stereocenters. The first kappa shape index (κ1) is 15.4. The number of fused-ring (bicyclic) bond motifs is 1. The first-order valence-corrected chi connectivity index (χ1v) is 8.21. The number of carbonyl (C=O) groups excluding carboxylic acids is 2. The van der Waals surface area contributed by atoms with E-state index in [1.807, 2.05) is 48.5 Å². The van der Waals surface area contributed by atoms with E-state index in [0.29, 0.717) is 23.4 Å². The summed E-state index contributed by atoms with van der Waals surface area (Å²) in [5.74, 6) is 0.122.